The SMILES string of the molecule is COc1ccc(/C=C/C(=O)Nc2nnc(Cc3ccc(C(C)C)cc3)o2)cc1OC. The second-order valence-corrected chi connectivity index (χ2v) is 7.01. The molecule has 0 fully saturated rings. The third-order valence-corrected chi connectivity index (χ3v) is 4.53. The van der Waals surface area contributed by atoms with Crippen LogP contribution in [0.15, 0.2) is 53.0 Å². The molecule has 0 spiro atoms. The van der Waals surface area contributed by atoms with Crippen molar-refractivity contribution >= 4 is 18.0 Å². The summed E-state index contributed by atoms with van der Waals surface area (Å²) >= 11 is 0. The maximum atomic E-state index is 12.2. The first-order valence-corrected chi connectivity index (χ1v) is 9.60. The van der Waals surface area contributed by atoms with Gasteiger partial charge in [0.05, 0.1) is 20.6 Å². The monoisotopic (exact) mass is 407 g/mol. The number of hydrogen-bond donors (Lipinski definition) is 1. The molecule has 0 aliphatic heterocycles. The molecule has 3 aromatic rings. The summed E-state index contributed by atoms with van der Waals surface area (Å²) in [5.74, 6) is 1.75. The van der Waals surface area contributed by atoms with E-state index in [1.165, 1.54) is 11.6 Å². The third-order valence-electron chi connectivity index (χ3n) is 4.53. The van der Waals surface area contributed by atoms with Crippen LogP contribution < -0.4 is 14.8 Å². The van der Waals surface area contributed by atoms with E-state index in [0.717, 1.165) is 11.1 Å². The molecular formula is C23H25N3O4. The van der Waals surface area contributed by atoms with Crippen molar-refractivity contribution in [2.24, 2.45) is 0 Å². The molecule has 1 N–H and O–H groups in total. The number of hydrogen-bond acceptors (Lipinski definition) is 6. The second kappa shape index (κ2) is 9.73. The Morgan fingerprint density at radius 2 is 1.80 bits per heavy atom. The van der Waals surface area contributed by atoms with Crippen LogP contribution in [0.5, 0.6) is 11.5 Å². The average molecular weight is 407 g/mol. The fraction of sp³-hybridized carbons (Fsp3) is 0.261. The number of anilines is 1. The highest BCUT2D eigenvalue weighted by atomic mass is 16.5. The molecule has 1 heterocycles. The first-order chi connectivity index (χ1) is 14.5. The predicted octanol–water partition coefficient (Wildman–Crippen LogP) is 4.45. The molecule has 3 rings (SSSR count). The van der Waals surface area contributed by atoms with Crippen molar-refractivity contribution < 1.29 is 18.7 Å². The Balaban J connectivity index is 1.58. The number of rotatable bonds is 8. The zero-order valence-corrected chi connectivity index (χ0v) is 17.5. The molecule has 2 aromatic carbocycles. The van der Waals surface area contributed by atoms with E-state index in [0.29, 0.717) is 29.7 Å². The van der Waals surface area contributed by atoms with Crippen LogP contribution in [0.4, 0.5) is 6.01 Å². The summed E-state index contributed by atoms with van der Waals surface area (Å²) in [6.07, 6.45) is 3.54. The number of benzene rings is 2. The van der Waals surface area contributed by atoms with Gasteiger partial charge in [-0.2, -0.15) is 0 Å². The van der Waals surface area contributed by atoms with Gasteiger partial charge in [0.2, 0.25) is 5.89 Å². The Morgan fingerprint density at radius 3 is 2.47 bits per heavy atom. The van der Waals surface area contributed by atoms with Gasteiger partial charge in [-0.1, -0.05) is 49.3 Å². The number of carbonyl (C=O) groups excluding carboxylic acids is 1. The largest absolute Gasteiger partial charge is 0.493 e. The summed E-state index contributed by atoms with van der Waals surface area (Å²) in [5.41, 5.74) is 3.13. The molecule has 0 unspecified atom stereocenters. The van der Waals surface area contributed by atoms with Gasteiger partial charge in [0.15, 0.2) is 11.5 Å². The highest BCUT2D eigenvalue weighted by Crippen LogP contribution is 2.28. The fourth-order valence-electron chi connectivity index (χ4n) is 2.85. The minimum Gasteiger partial charge on any atom is -0.493 e. The first-order valence-electron chi connectivity index (χ1n) is 9.60. The van der Waals surface area contributed by atoms with Crippen molar-refractivity contribution in [2.45, 2.75) is 26.2 Å². The number of aromatic nitrogens is 2. The summed E-state index contributed by atoms with van der Waals surface area (Å²) in [6.45, 7) is 4.31. The lowest BCUT2D eigenvalue weighted by Gasteiger charge is -2.07. The summed E-state index contributed by atoms with van der Waals surface area (Å²) in [4.78, 5) is 12.2. The molecule has 0 aliphatic rings. The molecule has 1 amide bonds. The van der Waals surface area contributed by atoms with Crippen molar-refractivity contribution in [3.63, 3.8) is 0 Å². The number of carbonyl (C=O) groups is 1. The van der Waals surface area contributed by atoms with Gasteiger partial charge in [0.25, 0.3) is 5.91 Å². The Labute approximate surface area is 175 Å². The number of ether oxygens (including phenoxy) is 2. The summed E-state index contributed by atoms with van der Waals surface area (Å²) in [6, 6.07) is 13.7. The zero-order valence-electron chi connectivity index (χ0n) is 17.5. The quantitative estimate of drug-likeness (QED) is 0.555. The van der Waals surface area contributed by atoms with Crippen LogP contribution in [0.2, 0.25) is 0 Å². The van der Waals surface area contributed by atoms with Crippen molar-refractivity contribution in [3.05, 3.63) is 71.1 Å². The first kappa shape index (κ1) is 21.1. The Morgan fingerprint density at radius 1 is 1.07 bits per heavy atom. The van der Waals surface area contributed by atoms with Gasteiger partial charge in [-0.25, -0.2) is 0 Å². The van der Waals surface area contributed by atoms with Crippen molar-refractivity contribution in [2.75, 3.05) is 19.5 Å². The molecule has 0 atom stereocenters. The summed E-state index contributed by atoms with van der Waals surface area (Å²) in [7, 11) is 3.13. The smallest absolute Gasteiger partial charge is 0.322 e. The number of nitrogens with one attached hydrogen (secondary N) is 1. The average Bonchev–Trinajstić information content (AvgIpc) is 3.18. The zero-order chi connectivity index (χ0) is 21.5. The van der Waals surface area contributed by atoms with E-state index in [2.05, 4.69) is 41.5 Å². The molecule has 0 radical (unpaired) electrons. The van der Waals surface area contributed by atoms with Crippen LogP contribution in [0.1, 0.15) is 42.3 Å². The Kier molecular flexibility index (Phi) is 6.85. The minimum absolute atomic E-state index is 0.0609. The molecule has 0 saturated carbocycles. The highest BCUT2D eigenvalue weighted by Gasteiger charge is 2.10. The molecule has 7 heteroatoms. The van der Waals surface area contributed by atoms with Crippen LogP contribution in [-0.4, -0.2) is 30.3 Å². The minimum atomic E-state index is -0.374. The van der Waals surface area contributed by atoms with Gasteiger partial charge in [-0.3, -0.25) is 10.1 Å². The number of nitrogens with zero attached hydrogens (tertiary/aromatic N) is 2. The van der Waals surface area contributed by atoms with Gasteiger partial charge in [0.1, 0.15) is 0 Å². The topological polar surface area (TPSA) is 86.5 Å². The summed E-state index contributed by atoms with van der Waals surface area (Å²) < 4.78 is 16.0. The molecule has 0 aliphatic carbocycles. The van der Waals surface area contributed by atoms with Gasteiger partial charge >= 0.3 is 6.01 Å². The van der Waals surface area contributed by atoms with E-state index in [1.54, 1.807) is 32.4 Å². The van der Waals surface area contributed by atoms with Crippen LogP contribution in [0.25, 0.3) is 6.08 Å². The van der Waals surface area contributed by atoms with Crippen molar-refractivity contribution in [1.29, 1.82) is 0 Å². The van der Waals surface area contributed by atoms with Gasteiger partial charge in [-0.15, -0.1) is 5.10 Å². The molecular weight excluding hydrogens is 382 g/mol. The van der Waals surface area contributed by atoms with E-state index in [9.17, 15) is 4.79 Å². The van der Waals surface area contributed by atoms with E-state index < -0.39 is 0 Å². The highest BCUT2D eigenvalue weighted by molar-refractivity contribution is 6.00. The predicted molar refractivity (Wildman–Crippen MR) is 115 cm³/mol. The van der Waals surface area contributed by atoms with Crippen LogP contribution in [-0.2, 0) is 11.2 Å². The third kappa shape index (κ3) is 5.47. The summed E-state index contributed by atoms with van der Waals surface area (Å²) in [5, 5.41) is 10.5. The molecule has 7 nitrogen and oxygen atoms in total. The standard InChI is InChI=1S/C23H25N3O4/c1-15(2)18-9-5-17(6-10-18)14-22-25-26-23(30-22)24-21(27)12-8-16-7-11-19(28-3)20(13-16)29-4/h5-13,15H,14H2,1-4H3,(H,24,26,27)/b12-8+. The lowest BCUT2D eigenvalue weighted by molar-refractivity contribution is -0.112. The van der Waals surface area contributed by atoms with E-state index >= 15 is 0 Å². The molecule has 0 bridgehead atoms. The van der Waals surface area contributed by atoms with Crippen molar-refractivity contribution in [3.8, 4) is 11.5 Å². The fourth-order valence-corrected chi connectivity index (χ4v) is 2.85. The Hall–Kier alpha value is -3.61. The van der Waals surface area contributed by atoms with Crippen LogP contribution >= 0.6 is 0 Å². The molecule has 30 heavy (non-hydrogen) atoms. The van der Waals surface area contributed by atoms with Crippen LogP contribution in [0, 0.1) is 0 Å². The normalized spacial score (nSPS) is 11.1. The number of amides is 1. The maximum Gasteiger partial charge on any atom is 0.322 e. The van der Waals surface area contributed by atoms with E-state index in [4.69, 9.17) is 13.9 Å². The lowest BCUT2D eigenvalue weighted by Crippen LogP contribution is -2.07. The second-order valence-electron chi connectivity index (χ2n) is 7.01. The lowest BCUT2D eigenvalue weighted by atomic mass is 10.0. The Bertz CT molecular complexity index is 1020. The maximum absolute atomic E-state index is 12.2. The van der Waals surface area contributed by atoms with E-state index in [-0.39, 0.29) is 11.9 Å². The molecule has 0 saturated heterocycles. The van der Waals surface area contributed by atoms with E-state index in [1.807, 2.05) is 18.2 Å². The molecule has 156 valence electrons. The van der Waals surface area contributed by atoms with Gasteiger partial charge in [0, 0.05) is 6.08 Å². The van der Waals surface area contributed by atoms with Crippen LogP contribution in [0.3, 0.4) is 0 Å². The number of methoxy groups -OCH3 is 2. The molecule has 1 aromatic heterocycles. The van der Waals surface area contributed by atoms with Crippen molar-refractivity contribution in [1.82, 2.24) is 10.2 Å². The van der Waals surface area contributed by atoms with Gasteiger partial charge in [-0.05, 0) is 40.8 Å². The van der Waals surface area contributed by atoms with Gasteiger partial charge < -0.3 is 13.9 Å².